The van der Waals surface area contributed by atoms with E-state index in [2.05, 4.69) is 37.6 Å². The lowest BCUT2D eigenvalue weighted by molar-refractivity contribution is -0.106. The molecular weight excluding hydrogens is 264 g/mol. The van der Waals surface area contributed by atoms with Crippen molar-refractivity contribution < 1.29 is 4.74 Å². The molecule has 3 heterocycles. The summed E-state index contributed by atoms with van der Waals surface area (Å²) in [6.07, 6.45) is 5.49. The second kappa shape index (κ2) is 4.92. The van der Waals surface area contributed by atoms with E-state index in [1.54, 1.807) is 0 Å². The minimum Gasteiger partial charge on any atom is -0.359 e. The van der Waals surface area contributed by atoms with Gasteiger partial charge in [-0.1, -0.05) is 0 Å². The first-order valence-electron chi connectivity index (χ1n) is 7.90. The minimum absolute atomic E-state index is 0.327. The van der Waals surface area contributed by atoms with Crippen molar-refractivity contribution in [1.82, 2.24) is 9.97 Å². The molecule has 5 nitrogen and oxygen atoms in total. The molecule has 116 valence electrons. The number of nitrogens with zero attached hydrogens (tertiary/aromatic N) is 3. The van der Waals surface area contributed by atoms with Gasteiger partial charge in [0.2, 0.25) is 5.95 Å². The Morgan fingerprint density at radius 3 is 2.76 bits per heavy atom. The largest absolute Gasteiger partial charge is 0.359 e. The van der Waals surface area contributed by atoms with E-state index in [1.807, 2.05) is 6.20 Å². The number of hydrogen-bond acceptors (Lipinski definition) is 5. The molecule has 0 amide bonds. The van der Waals surface area contributed by atoms with Gasteiger partial charge < -0.3 is 15.4 Å². The first kappa shape index (κ1) is 14.7. The molecular formula is C16H26N4O. The Balaban J connectivity index is 2.00. The molecule has 0 bridgehead atoms. The molecule has 0 aliphatic carbocycles. The molecule has 1 atom stereocenters. The zero-order valence-corrected chi connectivity index (χ0v) is 13.5. The van der Waals surface area contributed by atoms with Gasteiger partial charge >= 0.3 is 0 Å². The van der Waals surface area contributed by atoms with Crippen LogP contribution in [-0.2, 0) is 15.9 Å². The average molecular weight is 290 g/mol. The number of anilines is 1. The molecule has 3 rings (SSSR count). The van der Waals surface area contributed by atoms with Crippen LogP contribution in [0.3, 0.4) is 0 Å². The smallest absolute Gasteiger partial charge is 0.225 e. The molecule has 2 aliphatic heterocycles. The Morgan fingerprint density at radius 1 is 1.29 bits per heavy atom. The molecule has 21 heavy (non-hydrogen) atoms. The zero-order chi connectivity index (χ0) is 15.3. The number of nitrogens with two attached hydrogens (primary N) is 1. The fraction of sp³-hybridized carbons (Fsp3) is 0.750. The van der Waals surface area contributed by atoms with E-state index in [-0.39, 0.29) is 11.2 Å². The maximum absolute atomic E-state index is 6.16. The van der Waals surface area contributed by atoms with Gasteiger partial charge in [0.05, 0.1) is 11.3 Å². The topological polar surface area (TPSA) is 64.3 Å². The Kier molecular flexibility index (Phi) is 3.45. The minimum atomic E-state index is -0.371. The highest BCUT2D eigenvalue weighted by Gasteiger charge is 2.45. The van der Waals surface area contributed by atoms with Crippen molar-refractivity contribution in [2.24, 2.45) is 5.73 Å². The lowest BCUT2D eigenvalue weighted by Gasteiger charge is -2.35. The van der Waals surface area contributed by atoms with Crippen molar-refractivity contribution in [3.8, 4) is 0 Å². The average Bonchev–Trinajstić information content (AvgIpc) is 2.64. The summed E-state index contributed by atoms with van der Waals surface area (Å²) in [4.78, 5) is 11.7. The van der Waals surface area contributed by atoms with Crippen LogP contribution in [0.15, 0.2) is 6.20 Å². The Bertz CT molecular complexity index is 541. The van der Waals surface area contributed by atoms with Gasteiger partial charge in [-0.25, -0.2) is 9.97 Å². The van der Waals surface area contributed by atoms with Crippen LogP contribution in [0, 0.1) is 0 Å². The van der Waals surface area contributed by atoms with Gasteiger partial charge in [-0.15, -0.1) is 0 Å². The van der Waals surface area contributed by atoms with Gasteiger partial charge in [0.25, 0.3) is 0 Å². The normalized spacial score (nSPS) is 26.7. The number of rotatable bonds is 2. The Hall–Kier alpha value is -1.20. The lowest BCUT2D eigenvalue weighted by atomic mass is 9.97. The first-order valence-corrected chi connectivity index (χ1v) is 7.90. The number of hydrogen-bond donors (Lipinski definition) is 1. The van der Waals surface area contributed by atoms with Crippen LogP contribution in [-0.4, -0.2) is 29.1 Å². The summed E-state index contributed by atoms with van der Waals surface area (Å²) in [5.74, 6) is 0.804. The van der Waals surface area contributed by atoms with E-state index in [9.17, 15) is 0 Å². The van der Waals surface area contributed by atoms with Crippen molar-refractivity contribution in [3.05, 3.63) is 17.5 Å². The molecule has 0 saturated carbocycles. The summed E-state index contributed by atoms with van der Waals surface area (Å²) in [7, 11) is 0. The highest BCUT2D eigenvalue weighted by Crippen LogP contribution is 2.45. The van der Waals surface area contributed by atoms with Crippen LogP contribution >= 0.6 is 0 Å². The first-order chi connectivity index (χ1) is 9.85. The standard InChI is InChI=1S/C16H26N4O/c1-15(2)12-10-18-14(19-13(12)16(3,4)21-15)20-8-6-5-7-11(20)9-17/h10-11H,5-9,17H2,1-4H3. The van der Waals surface area contributed by atoms with Gasteiger partial charge in [0.15, 0.2) is 0 Å². The van der Waals surface area contributed by atoms with E-state index >= 15 is 0 Å². The molecule has 0 spiro atoms. The fourth-order valence-electron chi connectivity index (χ4n) is 3.66. The Morgan fingerprint density at radius 2 is 2.05 bits per heavy atom. The number of ether oxygens (including phenoxy) is 1. The second-order valence-corrected chi connectivity index (χ2v) is 7.13. The van der Waals surface area contributed by atoms with E-state index in [4.69, 9.17) is 15.5 Å². The summed E-state index contributed by atoms with van der Waals surface area (Å²) < 4.78 is 6.16. The van der Waals surface area contributed by atoms with Crippen LogP contribution in [0.25, 0.3) is 0 Å². The second-order valence-electron chi connectivity index (χ2n) is 7.13. The summed E-state index contributed by atoms with van der Waals surface area (Å²) >= 11 is 0. The predicted octanol–water partition coefficient (Wildman–Crippen LogP) is 2.29. The molecule has 2 N–H and O–H groups in total. The Labute approximate surface area is 126 Å². The number of piperidine rings is 1. The van der Waals surface area contributed by atoms with Crippen molar-refractivity contribution in [3.63, 3.8) is 0 Å². The molecule has 5 heteroatoms. The monoisotopic (exact) mass is 290 g/mol. The fourth-order valence-corrected chi connectivity index (χ4v) is 3.66. The maximum atomic E-state index is 6.16. The van der Waals surface area contributed by atoms with E-state index < -0.39 is 0 Å². The molecule has 0 radical (unpaired) electrons. The van der Waals surface area contributed by atoms with E-state index in [1.165, 1.54) is 12.8 Å². The van der Waals surface area contributed by atoms with Gasteiger partial charge in [0.1, 0.15) is 5.60 Å². The quantitative estimate of drug-likeness (QED) is 0.905. The zero-order valence-electron chi connectivity index (χ0n) is 13.5. The van der Waals surface area contributed by atoms with Crippen LogP contribution in [0.1, 0.15) is 58.2 Å². The van der Waals surface area contributed by atoms with E-state index in [0.29, 0.717) is 12.6 Å². The van der Waals surface area contributed by atoms with Gasteiger partial charge in [-0.3, -0.25) is 0 Å². The van der Waals surface area contributed by atoms with Crippen molar-refractivity contribution in [2.45, 2.75) is 64.2 Å². The van der Waals surface area contributed by atoms with Gasteiger partial charge in [0, 0.05) is 30.9 Å². The van der Waals surface area contributed by atoms with Crippen LogP contribution in [0.2, 0.25) is 0 Å². The third kappa shape index (κ3) is 2.42. The molecule has 0 aromatic carbocycles. The van der Waals surface area contributed by atoms with Crippen molar-refractivity contribution in [2.75, 3.05) is 18.0 Å². The molecule has 1 unspecified atom stereocenters. The molecule has 1 aromatic rings. The summed E-state index contributed by atoms with van der Waals surface area (Å²) in [6, 6.07) is 0.357. The van der Waals surface area contributed by atoms with Crippen LogP contribution in [0.4, 0.5) is 5.95 Å². The lowest BCUT2D eigenvalue weighted by Crippen LogP contribution is -2.45. The van der Waals surface area contributed by atoms with Crippen LogP contribution < -0.4 is 10.6 Å². The van der Waals surface area contributed by atoms with Gasteiger partial charge in [-0.2, -0.15) is 0 Å². The molecule has 1 saturated heterocycles. The molecule has 2 aliphatic rings. The SMILES string of the molecule is CC1(C)OC(C)(C)c2nc(N3CCCCC3CN)ncc21. The molecule has 1 aromatic heterocycles. The predicted molar refractivity (Wildman–Crippen MR) is 83.2 cm³/mol. The highest BCUT2D eigenvalue weighted by molar-refractivity contribution is 5.41. The summed E-state index contributed by atoms with van der Waals surface area (Å²) in [5.41, 5.74) is 7.33. The molecule has 1 fully saturated rings. The summed E-state index contributed by atoms with van der Waals surface area (Å²) in [5, 5.41) is 0. The van der Waals surface area contributed by atoms with Crippen LogP contribution in [0.5, 0.6) is 0 Å². The van der Waals surface area contributed by atoms with Crippen molar-refractivity contribution in [1.29, 1.82) is 0 Å². The highest BCUT2D eigenvalue weighted by atomic mass is 16.5. The van der Waals surface area contributed by atoms with E-state index in [0.717, 1.165) is 30.2 Å². The number of aromatic nitrogens is 2. The maximum Gasteiger partial charge on any atom is 0.225 e. The third-order valence-corrected chi connectivity index (χ3v) is 4.66. The van der Waals surface area contributed by atoms with Crippen molar-refractivity contribution >= 4 is 5.95 Å². The third-order valence-electron chi connectivity index (χ3n) is 4.66. The number of fused-ring (bicyclic) bond motifs is 1. The van der Waals surface area contributed by atoms with Gasteiger partial charge in [-0.05, 0) is 47.0 Å². The summed E-state index contributed by atoms with van der Waals surface area (Å²) in [6.45, 7) is 9.96.